The molecular weight excluding hydrogens is 480 g/mol. The zero-order valence-corrected chi connectivity index (χ0v) is 20.6. The third-order valence-corrected chi connectivity index (χ3v) is 8.06. The lowest BCUT2D eigenvalue weighted by molar-refractivity contribution is 1.18. The fraction of sp³-hybridized carbons (Fsp3) is 0. The topological polar surface area (TPSA) is 51.6 Å². The summed E-state index contributed by atoms with van der Waals surface area (Å²) in [6.07, 6.45) is 1.79. The van der Waals surface area contributed by atoms with Gasteiger partial charge in [-0.1, -0.05) is 54.6 Å². The summed E-state index contributed by atoms with van der Waals surface area (Å²) in [4.78, 5) is 22.3. The first-order valence-corrected chi connectivity index (χ1v) is 13.3. The Labute approximate surface area is 215 Å². The molecule has 7 rings (SSSR count). The van der Waals surface area contributed by atoms with Crippen molar-refractivity contribution in [1.82, 2.24) is 19.9 Å². The Balaban J connectivity index is 1.54. The smallest absolute Gasteiger partial charge is 0.117 e. The Morgan fingerprint density at radius 3 is 2.11 bits per heavy atom. The number of aromatic nitrogens is 4. The zero-order chi connectivity index (χ0) is 23.9. The molecule has 7 aromatic rings. The maximum atomic E-state index is 5.27. The van der Waals surface area contributed by atoms with Gasteiger partial charge in [-0.2, -0.15) is 0 Å². The second kappa shape index (κ2) is 8.75. The third kappa shape index (κ3) is 3.68. The maximum Gasteiger partial charge on any atom is 0.117 e. The Kier molecular flexibility index (Phi) is 5.12. The van der Waals surface area contributed by atoms with E-state index < -0.39 is 0 Å². The molecule has 5 aromatic heterocycles. The van der Waals surface area contributed by atoms with Crippen molar-refractivity contribution in [2.45, 2.75) is 0 Å². The quantitative estimate of drug-likeness (QED) is 0.245. The predicted molar refractivity (Wildman–Crippen MR) is 150 cm³/mol. The number of rotatable bonds is 4. The standard InChI is InChI=1S/C30H18N4S2/c1-3-10-21-19(8-1)14-15-23(32-21)28-27(22-11-5-6-16-31-22)33-30(29(34-28)25-13-7-17-35-25)26-18-20-9-2-4-12-24(20)36-26/h1-18H. The summed E-state index contributed by atoms with van der Waals surface area (Å²) >= 11 is 3.40. The van der Waals surface area contributed by atoms with Crippen LogP contribution < -0.4 is 0 Å². The van der Waals surface area contributed by atoms with Gasteiger partial charge in [0.15, 0.2) is 0 Å². The molecule has 0 N–H and O–H groups in total. The van der Waals surface area contributed by atoms with Crippen LogP contribution in [0.15, 0.2) is 109 Å². The summed E-state index contributed by atoms with van der Waals surface area (Å²) in [7, 11) is 0. The van der Waals surface area contributed by atoms with E-state index in [-0.39, 0.29) is 0 Å². The van der Waals surface area contributed by atoms with Crippen LogP contribution in [0.5, 0.6) is 0 Å². The lowest BCUT2D eigenvalue weighted by Gasteiger charge is -2.13. The van der Waals surface area contributed by atoms with Gasteiger partial charge in [0.25, 0.3) is 0 Å². The number of benzene rings is 2. The van der Waals surface area contributed by atoms with Crippen LogP contribution in [-0.2, 0) is 0 Å². The molecule has 0 saturated heterocycles. The molecule has 0 aliphatic carbocycles. The van der Waals surface area contributed by atoms with E-state index in [4.69, 9.17) is 15.0 Å². The number of hydrogen-bond donors (Lipinski definition) is 0. The number of nitrogens with zero attached hydrogens (tertiary/aromatic N) is 4. The molecule has 0 atom stereocenters. The van der Waals surface area contributed by atoms with E-state index in [9.17, 15) is 0 Å². The van der Waals surface area contributed by atoms with E-state index >= 15 is 0 Å². The molecule has 6 heteroatoms. The molecule has 36 heavy (non-hydrogen) atoms. The highest BCUT2D eigenvalue weighted by Gasteiger charge is 2.22. The van der Waals surface area contributed by atoms with Crippen LogP contribution >= 0.6 is 22.7 Å². The molecule has 5 heterocycles. The van der Waals surface area contributed by atoms with Gasteiger partial charge in [0, 0.05) is 16.3 Å². The first-order valence-electron chi connectivity index (χ1n) is 11.6. The SMILES string of the molecule is c1ccc(-c2nc(-c3cc4ccccc4s3)c(-c3cccs3)nc2-c2ccc3ccccc3n2)nc1. The Hall–Kier alpha value is -4.26. The van der Waals surface area contributed by atoms with Crippen LogP contribution in [0.4, 0.5) is 0 Å². The van der Waals surface area contributed by atoms with Gasteiger partial charge in [-0.05, 0) is 53.2 Å². The molecule has 0 radical (unpaired) electrons. The van der Waals surface area contributed by atoms with Gasteiger partial charge >= 0.3 is 0 Å². The largest absolute Gasteiger partial charge is 0.255 e. The molecule has 170 valence electrons. The van der Waals surface area contributed by atoms with Crippen LogP contribution in [0.3, 0.4) is 0 Å². The summed E-state index contributed by atoms with van der Waals surface area (Å²) in [5, 5.41) is 4.37. The van der Waals surface area contributed by atoms with Crippen molar-refractivity contribution in [2.75, 3.05) is 0 Å². The monoisotopic (exact) mass is 498 g/mol. The number of para-hydroxylation sites is 1. The summed E-state index contributed by atoms with van der Waals surface area (Å²) in [6.45, 7) is 0. The van der Waals surface area contributed by atoms with Crippen LogP contribution in [0, 0.1) is 0 Å². The van der Waals surface area contributed by atoms with E-state index in [0.717, 1.165) is 54.8 Å². The molecule has 0 fully saturated rings. The lowest BCUT2D eigenvalue weighted by Crippen LogP contribution is -2.01. The predicted octanol–water partition coefficient (Wildman–Crippen LogP) is 8.36. The molecule has 0 unspecified atom stereocenters. The highest BCUT2D eigenvalue weighted by atomic mass is 32.1. The third-order valence-electron chi connectivity index (χ3n) is 6.06. The number of hydrogen-bond acceptors (Lipinski definition) is 6. The fourth-order valence-electron chi connectivity index (χ4n) is 4.35. The fourth-order valence-corrected chi connectivity index (χ4v) is 6.12. The van der Waals surface area contributed by atoms with Crippen molar-refractivity contribution in [2.24, 2.45) is 0 Å². The second-order valence-corrected chi connectivity index (χ2v) is 10.4. The van der Waals surface area contributed by atoms with Gasteiger partial charge in [-0.15, -0.1) is 22.7 Å². The average molecular weight is 499 g/mol. The molecule has 4 nitrogen and oxygen atoms in total. The molecule has 0 spiro atoms. The van der Waals surface area contributed by atoms with E-state index in [1.54, 1.807) is 28.9 Å². The number of pyridine rings is 2. The first-order chi connectivity index (χ1) is 17.8. The summed E-state index contributed by atoms with van der Waals surface area (Å²) < 4.78 is 1.23. The average Bonchev–Trinajstić information content (AvgIpc) is 3.63. The molecule has 0 saturated carbocycles. The van der Waals surface area contributed by atoms with E-state index in [0.29, 0.717) is 0 Å². The Morgan fingerprint density at radius 1 is 0.528 bits per heavy atom. The number of fused-ring (bicyclic) bond motifs is 2. The lowest BCUT2D eigenvalue weighted by atomic mass is 10.1. The molecule has 0 aliphatic rings. The van der Waals surface area contributed by atoms with Gasteiger partial charge in [-0.25, -0.2) is 15.0 Å². The normalized spacial score (nSPS) is 11.3. The Morgan fingerprint density at radius 2 is 1.31 bits per heavy atom. The van der Waals surface area contributed by atoms with Crippen LogP contribution in [-0.4, -0.2) is 19.9 Å². The minimum atomic E-state index is 0.728. The van der Waals surface area contributed by atoms with Crippen LogP contribution in [0.25, 0.3) is 64.9 Å². The van der Waals surface area contributed by atoms with Crippen molar-refractivity contribution in [1.29, 1.82) is 0 Å². The summed E-state index contributed by atoms with van der Waals surface area (Å²) in [6, 6.07) is 32.9. The minimum Gasteiger partial charge on any atom is -0.255 e. The van der Waals surface area contributed by atoms with Crippen molar-refractivity contribution >= 4 is 43.7 Å². The highest BCUT2D eigenvalue weighted by Crippen LogP contribution is 2.41. The van der Waals surface area contributed by atoms with Crippen LogP contribution in [0.2, 0.25) is 0 Å². The van der Waals surface area contributed by atoms with Gasteiger partial charge in [-0.3, -0.25) is 4.98 Å². The van der Waals surface area contributed by atoms with Crippen molar-refractivity contribution < 1.29 is 0 Å². The van der Waals surface area contributed by atoms with E-state index in [2.05, 4.69) is 65.0 Å². The van der Waals surface area contributed by atoms with E-state index in [1.165, 1.54) is 10.1 Å². The van der Waals surface area contributed by atoms with Crippen molar-refractivity contribution in [3.63, 3.8) is 0 Å². The van der Waals surface area contributed by atoms with Gasteiger partial charge in [0.05, 0.1) is 26.7 Å². The van der Waals surface area contributed by atoms with Gasteiger partial charge < -0.3 is 0 Å². The highest BCUT2D eigenvalue weighted by molar-refractivity contribution is 7.22. The summed E-state index contributed by atoms with van der Waals surface area (Å²) in [5.74, 6) is 0. The second-order valence-electron chi connectivity index (χ2n) is 8.35. The van der Waals surface area contributed by atoms with Crippen molar-refractivity contribution in [3.05, 3.63) is 109 Å². The summed E-state index contributed by atoms with van der Waals surface area (Å²) in [5.41, 5.74) is 5.66. The van der Waals surface area contributed by atoms with Crippen LogP contribution in [0.1, 0.15) is 0 Å². The van der Waals surface area contributed by atoms with Gasteiger partial charge in [0.2, 0.25) is 0 Å². The molecule has 0 bridgehead atoms. The number of thiophene rings is 2. The molecule has 0 aliphatic heterocycles. The van der Waals surface area contributed by atoms with E-state index in [1.807, 2.05) is 42.5 Å². The first kappa shape index (κ1) is 21.1. The van der Waals surface area contributed by atoms with Crippen molar-refractivity contribution in [3.8, 4) is 43.9 Å². The zero-order valence-electron chi connectivity index (χ0n) is 19.0. The molecule has 2 aromatic carbocycles. The molecular formula is C30H18N4S2. The Bertz CT molecular complexity index is 1810. The van der Waals surface area contributed by atoms with Gasteiger partial charge in [0.1, 0.15) is 22.8 Å². The molecule has 0 amide bonds. The maximum absolute atomic E-state index is 5.27. The minimum absolute atomic E-state index is 0.728.